The maximum Gasteiger partial charge on any atom is 0.407 e. The molecule has 0 radical (unpaired) electrons. The predicted octanol–water partition coefficient (Wildman–Crippen LogP) is 6.45. The molecule has 0 saturated carbocycles. The maximum atomic E-state index is 16.8. The quantitative estimate of drug-likeness (QED) is 0.0997. The molecule has 1 fully saturated rings. The first kappa shape index (κ1) is 43.1. The molecule has 0 bridgehead atoms. The van der Waals surface area contributed by atoms with Crippen LogP contribution in [0.5, 0.6) is 5.75 Å². The molecule has 3 aliphatic rings. The number of halogens is 1. The largest absolute Gasteiger partial charge is 0.463 e. The number of aromatic amines is 2. The molecule has 340 valence electrons. The number of nitrogens with zero attached hydrogens (tertiary/aromatic N) is 7. The summed E-state index contributed by atoms with van der Waals surface area (Å²) in [6.07, 6.45) is 7.19. The summed E-state index contributed by atoms with van der Waals surface area (Å²) >= 11 is 0. The van der Waals surface area contributed by atoms with E-state index in [1.54, 1.807) is 22.2 Å². The smallest absolute Gasteiger partial charge is 0.407 e. The summed E-state index contributed by atoms with van der Waals surface area (Å²) in [6, 6.07) is 10.2. The molecular weight excluding hydrogens is 838 g/mol. The summed E-state index contributed by atoms with van der Waals surface area (Å²) < 4.78 is 37.3. The molecule has 0 spiro atoms. The van der Waals surface area contributed by atoms with Crippen molar-refractivity contribution in [1.82, 2.24) is 54.5 Å². The number of carbonyl (C=O) groups is 4. The summed E-state index contributed by atoms with van der Waals surface area (Å²) in [5.41, 5.74) is 5.34. The molecule has 7 heterocycles. The van der Waals surface area contributed by atoms with Crippen LogP contribution in [0.3, 0.4) is 0 Å². The zero-order chi connectivity index (χ0) is 45.5. The number of hydrogen-bond acceptors (Lipinski definition) is 10. The summed E-state index contributed by atoms with van der Waals surface area (Å²) in [7, 11) is 2.51. The van der Waals surface area contributed by atoms with E-state index in [9.17, 15) is 19.2 Å². The molecule has 65 heavy (non-hydrogen) atoms. The van der Waals surface area contributed by atoms with Crippen molar-refractivity contribution in [1.29, 1.82) is 0 Å². The van der Waals surface area contributed by atoms with E-state index < -0.39 is 30.3 Å². The maximum absolute atomic E-state index is 16.8. The summed E-state index contributed by atoms with van der Waals surface area (Å²) in [5, 5.41) is 5.98. The van der Waals surface area contributed by atoms with Crippen LogP contribution in [0.4, 0.5) is 14.0 Å². The third-order valence-corrected chi connectivity index (χ3v) is 12.5. The van der Waals surface area contributed by atoms with Gasteiger partial charge in [-0.05, 0) is 61.9 Å². The van der Waals surface area contributed by atoms with Gasteiger partial charge >= 0.3 is 12.2 Å². The van der Waals surface area contributed by atoms with Gasteiger partial charge in [0, 0.05) is 42.6 Å². The number of imidazole rings is 3. The van der Waals surface area contributed by atoms with E-state index in [-0.39, 0.29) is 36.9 Å². The fraction of sp³-hybridized carbons (Fsp3) is 0.413. The minimum absolute atomic E-state index is 0.168. The van der Waals surface area contributed by atoms with Gasteiger partial charge in [0.15, 0.2) is 0 Å². The van der Waals surface area contributed by atoms with Gasteiger partial charge in [0.1, 0.15) is 47.3 Å². The summed E-state index contributed by atoms with van der Waals surface area (Å²) in [5.74, 6) is 1.36. The van der Waals surface area contributed by atoms with Crippen LogP contribution in [0.1, 0.15) is 81.9 Å². The Balaban J connectivity index is 1.03. The third-order valence-electron chi connectivity index (χ3n) is 12.5. The van der Waals surface area contributed by atoms with Gasteiger partial charge in [0.2, 0.25) is 18.0 Å². The molecule has 0 aliphatic carbocycles. The van der Waals surface area contributed by atoms with Crippen LogP contribution in [0, 0.1) is 11.7 Å². The molecule has 3 atom stereocenters. The molecule has 4 aromatic heterocycles. The topological polar surface area (TPSA) is 207 Å². The van der Waals surface area contributed by atoms with Gasteiger partial charge in [0.25, 0.3) is 0 Å². The van der Waals surface area contributed by atoms with Gasteiger partial charge in [0.05, 0.1) is 73.6 Å². The number of aryl methyl sites for hydroxylation is 1. The van der Waals surface area contributed by atoms with Crippen molar-refractivity contribution in [2.24, 2.45) is 5.92 Å². The number of rotatable bonds is 13. The monoisotopic (exact) mass is 889 g/mol. The average Bonchev–Trinajstić information content (AvgIpc) is 4.16. The number of ether oxygens (including phenoxy) is 3. The van der Waals surface area contributed by atoms with E-state index in [0.29, 0.717) is 65.8 Å². The zero-order valence-corrected chi connectivity index (χ0v) is 36.9. The lowest BCUT2D eigenvalue weighted by molar-refractivity contribution is -0.135. The van der Waals surface area contributed by atoms with E-state index in [0.717, 1.165) is 59.5 Å². The number of aromatic nitrogens is 7. The van der Waals surface area contributed by atoms with Crippen molar-refractivity contribution in [2.75, 3.05) is 33.9 Å². The average molecular weight is 890 g/mol. The van der Waals surface area contributed by atoms with Crippen LogP contribution in [-0.4, -0.2) is 108 Å². The second kappa shape index (κ2) is 17.8. The molecule has 2 aromatic carbocycles. The van der Waals surface area contributed by atoms with Gasteiger partial charge < -0.3 is 49.2 Å². The Labute approximate surface area is 373 Å². The van der Waals surface area contributed by atoms with E-state index in [4.69, 9.17) is 14.5 Å². The molecule has 9 rings (SSSR count). The van der Waals surface area contributed by atoms with Gasteiger partial charge in [-0.1, -0.05) is 26.8 Å². The number of H-pyrrole nitrogens is 2. The Kier molecular flexibility index (Phi) is 11.8. The SMILES string of the molecule is CCCN(Cc1ncc(-c2ccc3c(c2)cc2n3C(c3cnc4n3CCC4)Oc3cc(-c4cnc(C5CCCN5C(=O)CNC(=O)OC)[nH]4)cc(F)c3-2)[nH]1)C(=O)C(NC(=O)OC)C(C)C. The van der Waals surface area contributed by atoms with Crippen LogP contribution < -0.4 is 15.4 Å². The van der Waals surface area contributed by atoms with Crippen molar-refractivity contribution < 1.29 is 37.8 Å². The highest BCUT2D eigenvalue weighted by Crippen LogP contribution is 2.48. The van der Waals surface area contributed by atoms with Crippen LogP contribution in [0.2, 0.25) is 0 Å². The van der Waals surface area contributed by atoms with Crippen molar-refractivity contribution >= 4 is 34.9 Å². The van der Waals surface area contributed by atoms with Gasteiger partial charge in [-0.3, -0.25) is 14.2 Å². The molecule has 19 heteroatoms. The first-order valence-electron chi connectivity index (χ1n) is 22.0. The number of benzene rings is 2. The van der Waals surface area contributed by atoms with E-state index in [1.807, 2.05) is 61.9 Å². The second-order valence-corrected chi connectivity index (χ2v) is 17.0. The number of alkyl carbamates (subject to hydrolysis) is 2. The molecule has 4 amide bonds. The number of likely N-dealkylation sites (tertiary alicyclic amines) is 1. The normalized spacial score (nSPS) is 16.8. The lowest BCUT2D eigenvalue weighted by Crippen LogP contribution is -2.51. The molecule has 6 aromatic rings. The van der Waals surface area contributed by atoms with E-state index in [1.165, 1.54) is 20.3 Å². The van der Waals surface area contributed by atoms with Gasteiger partial charge in [-0.15, -0.1) is 0 Å². The van der Waals surface area contributed by atoms with Crippen LogP contribution in [-0.2, 0) is 38.6 Å². The van der Waals surface area contributed by atoms with E-state index in [2.05, 4.69) is 39.9 Å². The molecule has 3 aliphatic heterocycles. The van der Waals surface area contributed by atoms with Gasteiger partial charge in [-0.2, -0.15) is 0 Å². The molecule has 18 nitrogen and oxygen atoms in total. The third kappa shape index (κ3) is 8.14. The molecular formula is C46H52FN11O7. The van der Waals surface area contributed by atoms with Crippen molar-refractivity contribution in [3.8, 4) is 39.5 Å². The molecule has 4 N–H and O–H groups in total. The minimum Gasteiger partial charge on any atom is -0.463 e. The second-order valence-electron chi connectivity index (χ2n) is 17.0. The molecule has 3 unspecified atom stereocenters. The standard InChI is InChI=1S/C46H52FN11O7/c1-6-13-55(43(60)41(25(2)3)54-46(62)64-5)24-37-48-20-30(52-37)26-11-12-32-28(16-26)18-34-40-29(47)17-27(19-36(40)65-44(58(32)34)35-22-49-38-10-8-14-56(35)38)31-21-50-42(53-31)33-9-7-15-57(33)39(59)23-51-45(61)63-4/h11-12,16-22,25,33,41,44H,6-10,13-15,23-24H2,1-5H3,(H,48,52)(H,50,53)(H,51,61)(H,54,62). The first-order valence-corrected chi connectivity index (χ1v) is 22.0. The van der Waals surface area contributed by atoms with Gasteiger partial charge in [-0.25, -0.2) is 28.9 Å². The number of fused-ring (bicyclic) bond motifs is 6. The lowest BCUT2D eigenvalue weighted by Gasteiger charge is -2.31. The number of amides is 4. The summed E-state index contributed by atoms with van der Waals surface area (Å²) in [4.78, 5) is 74.5. The zero-order valence-electron chi connectivity index (χ0n) is 36.9. The van der Waals surface area contributed by atoms with Crippen molar-refractivity contribution in [3.05, 3.63) is 84.0 Å². The minimum atomic E-state index is -0.764. The fourth-order valence-electron chi connectivity index (χ4n) is 9.30. The Morgan fingerprint density at radius 1 is 0.954 bits per heavy atom. The first-order chi connectivity index (χ1) is 31.5. The number of carbonyl (C=O) groups excluding carboxylic acids is 4. The fourth-order valence-corrected chi connectivity index (χ4v) is 9.30. The van der Waals surface area contributed by atoms with Crippen molar-refractivity contribution in [2.45, 2.75) is 84.3 Å². The Bertz CT molecular complexity index is 2790. The number of nitrogens with one attached hydrogen (secondary N) is 4. The Morgan fingerprint density at radius 3 is 2.54 bits per heavy atom. The van der Waals surface area contributed by atoms with Crippen LogP contribution in [0.25, 0.3) is 44.7 Å². The Morgan fingerprint density at radius 2 is 1.75 bits per heavy atom. The predicted molar refractivity (Wildman–Crippen MR) is 236 cm³/mol. The van der Waals surface area contributed by atoms with Crippen LogP contribution >= 0.6 is 0 Å². The van der Waals surface area contributed by atoms with E-state index >= 15 is 4.39 Å². The highest BCUT2D eigenvalue weighted by Gasteiger charge is 2.36. The number of methoxy groups -OCH3 is 2. The Hall–Kier alpha value is -7.18. The van der Waals surface area contributed by atoms with Crippen LogP contribution in [0.15, 0.2) is 55.0 Å². The molecule has 1 saturated heterocycles. The lowest BCUT2D eigenvalue weighted by atomic mass is 10.0. The highest BCUT2D eigenvalue weighted by molar-refractivity contribution is 5.93. The highest BCUT2D eigenvalue weighted by atomic mass is 19.1. The van der Waals surface area contributed by atoms with Crippen molar-refractivity contribution in [3.63, 3.8) is 0 Å². The number of hydrogen-bond donors (Lipinski definition) is 4. The summed E-state index contributed by atoms with van der Waals surface area (Å²) in [6.45, 7) is 7.51.